The molecule has 2 aliphatic rings. The molecule has 134 valence electrons. The van der Waals surface area contributed by atoms with Crippen molar-refractivity contribution in [2.75, 3.05) is 0 Å². The van der Waals surface area contributed by atoms with Crippen LogP contribution in [-0.4, -0.2) is 0 Å². The molecule has 0 saturated carbocycles. The Morgan fingerprint density at radius 1 is 0.885 bits per heavy atom. The second kappa shape index (κ2) is 6.27. The lowest BCUT2D eigenvalue weighted by Crippen LogP contribution is -2.32. The van der Waals surface area contributed by atoms with Gasteiger partial charge in [-0.2, -0.15) is 0 Å². The summed E-state index contributed by atoms with van der Waals surface area (Å²) in [7, 11) is 0. The van der Waals surface area contributed by atoms with Gasteiger partial charge in [0.15, 0.2) is 0 Å². The monoisotopic (exact) mass is 342 g/mol. The van der Waals surface area contributed by atoms with Crippen LogP contribution in [0.3, 0.4) is 0 Å². The van der Waals surface area contributed by atoms with Crippen LogP contribution in [0.1, 0.15) is 56.4 Å². The zero-order valence-electron chi connectivity index (χ0n) is 16.6. The molecule has 0 saturated heterocycles. The van der Waals surface area contributed by atoms with Crippen molar-refractivity contribution in [2.45, 2.75) is 52.4 Å². The minimum atomic E-state index is 0.0775. The first-order chi connectivity index (χ1) is 12.4. The minimum Gasteiger partial charge on any atom is -0.0986 e. The smallest absolute Gasteiger partial charge is 0.0225 e. The van der Waals surface area contributed by atoms with Crippen LogP contribution in [0.25, 0.3) is 5.57 Å². The van der Waals surface area contributed by atoms with Crippen molar-refractivity contribution in [3.8, 4) is 0 Å². The van der Waals surface area contributed by atoms with Crippen LogP contribution in [0.4, 0.5) is 0 Å². The highest BCUT2D eigenvalue weighted by atomic mass is 14.5. The lowest BCUT2D eigenvalue weighted by atomic mass is 9.66. The Bertz CT molecular complexity index is 894. The number of rotatable bonds is 4. The Morgan fingerprint density at radius 3 is 2.23 bits per heavy atom. The zero-order chi connectivity index (χ0) is 18.5. The molecule has 0 aromatic heterocycles. The van der Waals surface area contributed by atoms with E-state index in [4.69, 9.17) is 0 Å². The predicted molar refractivity (Wildman–Crippen MR) is 112 cm³/mol. The van der Waals surface area contributed by atoms with E-state index in [1.807, 2.05) is 0 Å². The van der Waals surface area contributed by atoms with E-state index in [9.17, 15) is 0 Å². The summed E-state index contributed by atoms with van der Waals surface area (Å²) < 4.78 is 0. The molecule has 2 aromatic carbocycles. The second-order valence-electron chi connectivity index (χ2n) is 8.75. The molecule has 2 aromatic rings. The van der Waals surface area contributed by atoms with Gasteiger partial charge in [-0.1, -0.05) is 94.0 Å². The Balaban J connectivity index is 1.84. The Hall–Kier alpha value is -2.08. The second-order valence-corrected chi connectivity index (χ2v) is 8.75. The van der Waals surface area contributed by atoms with Crippen molar-refractivity contribution >= 4 is 5.57 Å². The molecular weight excluding hydrogens is 312 g/mol. The fraction of sp³-hybridized carbons (Fsp3) is 0.385. The summed E-state index contributed by atoms with van der Waals surface area (Å²) >= 11 is 0. The van der Waals surface area contributed by atoms with E-state index < -0.39 is 0 Å². The largest absolute Gasteiger partial charge is 0.0986 e. The lowest BCUT2D eigenvalue weighted by molar-refractivity contribution is 0.367. The maximum absolute atomic E-state index is 4.58. The number of hydrogen-bond acceptors (Lipinski definition) is 0. The molecule has 0 bridgehead atoms. The molecular formula is C26H30. The van der Waals surface area contributed by atoms with Gasteiger partial charge in [0.25, 0.3) is 0 Å². The standard InChI is InChI=1S/C26H30/c1-17(2)25-22(15-20-10-6-8-12-23(20)25)16-26(18(3)4)19(5)14-21-11-7-9-13-24(21)26/h6-13,17-18H,5,14-16H2,1-4H3. The highest BCUT2D eigenvalue weighted by molar-refractivity contribution is 5.78. The molecule has 0 fully saturated rings. The van der Waals surface area contributed by atoms with Crippen molar-refractivity contribution in [3.05, 3.63) is 88.5 Å². The predicted octanol–water partition coefficient (Wildman–Crippen LogP) is 6.75. The summed E-state index contributed by atoms with van der Waals surface area (Å²) in [4.78, 5) is 0. The molecule has 1 atom stereocenters. The highest BCUT2D eigenvalue weighted by Crippen LogP contribution is 2.53. The molecule has 1 unspecified atom stereocenters. The minimum absolute atomic E-state index is 0.0775. The summed E-state index contributed by atoms with van der Waals surface area (Å²) in [6.45, 7) is 14.0. The Kier molecular flexibility index (Phi) is 4.18. The molecule has 0 heteroatoms. The number of hydrogen-bond donors (Lipinski definition) is 0. The molecule has 2 aliphatic carbocycles. The van der Waals surface area contributed by atoms with Crippen LogP contribution in [0, 0.1) is 11.8 Å². The number of allylic oxidation sites excluding steroid dienone is 3. The van der Waals surface area contributed by atoms with Gasteiger partial charge in [0, 0.05) is 5.41 Å². The van der Waals surface area contributed by atoms with E-state index >= 15 is 0 Å². The molecule has 0 radical (unpaired) electrons. The highest BCUT2D eigenvalue weighted by Gasteiger charge is 2.45. The molecule has 0 aliphatic heterocycles. The first kappa shape index (κ1) is 17.3. The van der Waals surface area contributed by atoms with E-state index in [0.29, 0.717) is 11.8 Å². The van der Waals surface area contributed by atoms with Gasteiger partial charge in [-0.25, -0.2) is 0 Å². The normalized spacial score (nSPS) is 21.7. The zero-order valence-corrected chi connectivity index (χ0v) is 16.6. The van der Waals surface area contributed by atoms with Crippen LogP contribution in [-0.2, 0) is 18.3 Å². The van der Waals surface area contributed by atoms with Crippen LogP contribution in [0.2, 0.25) is 0 Å². The summed E-state index contributed by atoms with van der Waals surface area (Å²) in [6, 6.07) is 18.0. The SMILES string of the molecule is C=C1Cc2ccccc2C1(CC1=C(C(C)C)c2ccccc2C1)C(C)C. The van der Waals surface area contributed by atoms with Crippen molar-refractivity contribution in [3.63, 3.8) is 0 Å². The van der Waals surface area contributed by atoms with Gasteiger partial charge in [0.1, 0.15) is 0 Å². The molecule has 0 amide bonds. The molecule has 0 nitrogen and oxygen atoms in total. The molecule has 0 heterocycles. The lowest BCUT2D eigenvalue weighted by Gasteiger charge is -2.37. The quantitative estimate of drug-likeness (QED) is 0.539. The van der Waals surface area contributed by atoms with E-state index in [1.54, 1.807) is 11.1 Å². The fourth-order valence-electron chi connectivity index (χ4n) is 5.50. The summed E-state index contributed by atoms with van der Waals surface area (Å²) in [6.07, 6.45) is 3.25. The Labute approximate surface area is 158 Å². The molecule has 26 heavy (non-hydrogen) atoms. The van der Waals surface area contributed by atoms with Gasteiger partial charge in [-0.05, 0) is 58.9 Å². The van der Waals surface area contributed by atoms with Crippen LogP contribution >= 0.6 is 0 Å². The number of benzene rings is 2. The van der Waals surface area contributed by atoms with Gasteiger partial charge in [0.05, 0.1) is 0 Å². The van der Waals surface area contributed by atoms with Crippen molar-refractivity contribution in [1.82, 2.24) is 0 Å². The maximum Gasteiger partial charge on any atom is 0.0225 e. The van der Waals surface area contributed by atoms with Crippen LogP contribution in [0.5, 0.6) is 0 Å². The first-order valence-corrected chi connectivity index (χ1v) is 10.0. The third kappa shape index (κ3) is 2.42. The maximum atomic E-state index is 4.58. The third-order valence-corrected chi connectivity index (χ3v) is 6.68. The van der Waals surface area contributed by atoms with E-state index in [2.05, 4.69) is 82.8 Å². The van der Waals surface area contributed by atoms with Crippen molar-refractivity contribution < 1.29 is 0 Å². The van der Waals surface area contributed by atoms with E-state index in [0.717, 1.165) is 19.3 Å². The van der Waals surface area contributed by atoms with Crippen molar-refractivity contribution in [1.29, 1.82) is 0 Å². The van der Waals surface area contributed by atoms with Gasteiger partial charge >= 0.3 is 0 Å². The average molecular weight is 343 g/mol. The van der Waals surface area contributed by atoms with Crippen molar-refractivity contribution in [2.24, 2.45) is 11.8 Å². The Morgan fingerprint density at radius 2 is 1.54 bits per heavy atom. The molecule has 0 spiro atoms. The first-order valence-electron chi connectivity index (χ1n) is 10.0. The van der Waals surface area contributed by atoms with Crippen LogP contribution in [0.15, 0.2) is 66.3 Å². The third-order valence-electron chi connectivity index (χ3n) is 6.68. The van der Waals surface area contributed by atoms with Crippen LogP contribution < -0.4 is 0 Å². The summed E-state index contributed by atoms with van der Waals surface area (Å²) in [5, 5.41) is 0. The van der Waals surface area contributed by atoms with Gasteiger partial charge in [-0.15, -0.1) is 0 Å². The number of fused-ring (bicyclic) bond motifs is 2. The van der Waals surface area contributed by atoms with Gasteiger partial charge in [-0.3, -0.25) is 0 Å². The topological polar surface area (TPSA) is 0 Å². The fourth-order valence-corrected chi connectivity index (χ4v) is 5.50. The summed E-state index contributed by atoms with van der Waals surface area (Å²) in [5.74, 6) is 1.10. The van der Waals surface area contributed by atoms with Gasteiger partial charge in [0.2, 0.25) is 0 Å². The van der Waals surface area contributed by atoms with Gasteiger partial charge < -0.3 is 0 Å². The van der Waals surface area contributed by atoms with E-state index in [-0.39, 0.29) is 5.41 Å². The summed E-state index contributed by atoms with van der Waals surface area (Å²) in [5.41, 5.74) is 10.7. The molecule has 0 N–H and O–H groups in total. The average Bonchev–Trinajstić information content (AvgIpc) is 3.11. The van der Waals surface area contributed by atoms with E-state index in [1.165, 1.54) is 27.8 Å². The molecule has 4 rings (SSSR count).